The maximum Gasteiger partial charge on any atom is 0.323 e. The highest BCUT2D eigenvalue weighted by Crippen LogP contribution is 2.31. The number of nitrogens with zero attached hydrogens (tertiary/aromatic N) is 5. The molecule has 0 fully saturated rings. The number of hydrogen-bond acceptors (Lipinski definition) is 8. The van der Waals surface area contributed by atoms with Crippen molar-refractivity contribution >= 4 is 52.4 Å². The number of carbonyl (C=O) groups is 2. The molecule has 0 unspecified atom stereocenters. The van der Waals surface area contributed by atoms with Gasteiger partial charge in [0.25, 0.3) is 11.8 Å². The van der Waals surface area contributed by atoms with Crippen LogP contribution >= 0.6 is 0 Å². The molecule has 0 radical (unpaired) electrons. The smallest absolute Gasteiger partial charge is 0.323 e. The van der Waals surface area contributed by atoms with E-state index in [2.05, 4.69) is 41.9 Å². The molecule has 1 aliphatic rings. The normalized spacial score (nSPS) is 13.7. The number of unbranched alkanes of at least 4 members (excludes halogenated alkanes) is 1. The van der Waals surface area contributed by atoms with Crippen molar-refractivity contribution in [3.05, 3.63) is 106 Å². The van der Waals surface area contributed by atoms with E-state index in [1.54, 1.807) is 55.0 Å². The summed E-state index contributed by atoms with van der Waals surface area (Å²) in [7, 11) is 0. The zero-order valence-electron chi connectivity index (χ0n) is 22.5. The Morgan fingerprint density at radius 2 is 1.74 bits per heavy atom. The lowest BCUT2D eigenvalue weighted by atomic mass is 10.1. The average Bonchev–Trinajstić information content (AvgIpc) is 3.69. The van der Waals surface area contributed by atoms with Crippen LogP contribution < -0.4 is 26.6 Å². The molecule has 210 valence electrons. The number of carbonyl (C=O) groups excluding carboxylic acids is 2. The van der Waals surface area contributed by atoms with Crippen LogP contribution in [0.4, 0.5) is 17.5 Å². The number of anilines is 3. The third kappa shape index (κ3) is 5.08. The van der Waals surface area contributed by atoms with Gasteiger partial charge in [-0.2, -0.15) is 10.1 Å². The SMILES string of the molecule is C=C/C=c1/[nH]c(=O)[nH]/c1=C/Nc1nccc(N(CCCCN2C(=O)c3ccccc3C2=O)c2cccc3[nH]ncc23)n1. The van der Waals surface area contributed by atoms with Gasteiger partial charge in [0.2, 0.25) is 5.95 Å². The summed E-state index contributed by atoms with van der Waals surface area (Å²) in [6, 6.07) is 14.6. The van der Waals surface area contributed by atoms with E-state index >= 15 is 0 Å². The quantitative estimate of drug-likeness (QED) is 0.150. The Bertz CT molecular complexity index is 1950. The summed E-state index contributed by atoms with van der Waals surface area (Å²) in [4.78, 5) is 55.2. The highest BCUT2D eigenvalue weighted by atomic mass is 16.2. The number of imidazole rings is 1. The first-order valence-electron chi connectivity index (χ1n) is 13.4. The molecule has 4 heterocycles. The Labute approximate surface area is 239 Å². The lowest BCUT2D eigenvalue weighted by Crippen LogP contribution is -2.31. The highest BCUT2D eigenvalue weighted by molar-refractivity contribution is 6.21. The first kappa shape index (κ1) is 26.4. The zero-order chi connectivity index (χ0) is 29.1. The van der Waals surface area contributed by atoms with Crippen molar-refractivity contribution in [3.63, 3.8) is 0 Å². The molecular weight excluding hydrogens is 534 g/mol. The molecule has 2 aromatic carbocycles. The summed E-state index contributed by atoms with van der Waals surface area (Å²) in [6.45, 7) is 4.55. The van der Waals surface area contributed by atoms with Gasteiger partial charge in [-0.25, -0.2) is 9.78 Å². The van der Waals surface area contributed by atoms with Crippen molar-refractivity contribution in [1.82, 2.24) is 35.0 Å². The molecule has 4 N–H and O–H groups in total. The minimum Gasteiger partial charge on any atom is -0.329 e. The Kier molecular flexibility index (Phi) is 7.16. The van der Waals surface area contributed by atoms with E-state index in [1.165, 1.54) is 4.90 Å². The van der Waals surface area contributed by atoms with Gasteiger partial charge in [-0.05, 0) is 49.2 Å². The van der Waals surface area contributed by atoms with Crippen molar-refractivity contribution in [2.24, 2.45) is 0 Å². The van der Waals surface area contributed by atoms with Crippen LogP contribution in [0.1, 0.15) is 33.6 Å². The van der Waals surface area contributed by atoms with Crippen LogP contribution in [0.5, 0.6) is 0 Å². The van der Waals surface area contributed by atoms with E-state index in [0.717, 1.165) is 16.6 Å². The van der Waals surface area contributed by atoms with Crippen LogP contribution in [0.15, 0.2) is 78.4 Å². The van der Waals surface area contributed by atoms with Crippen molar-refractivity contribution in [1.29, 1.82) is 0 Å². The van der Waals surface area contributed by atoms with Crippen molar-refractivity contribution in [2.45, 2.75) is 12.8 Å². The van der Waals surface area contributed by atoms with Gasteiger partial charge in [-0.1, -0.05) is 30.9 Å². The topological polar surface area (TPSA) is 156 Å². The van der Waals surface area contributed by atoms with Crippen LogP contribution in [0.25, 0.3) is 23.2 Å². The van der Waals surface area contributed by atoms with E-state index in [0.29, 0.717) is 59.5 Å². The van der Waals surface area contributed by atoms with Gasteiger partial charge in [0.1, 0.15) is 5.82 Å². The molecule has 0 spiro atoms. The summed E-state index contributed by atoms with van der Waals surface area (Å²) < 4.78 is 0. The molecule has 42 heavy (non-hydrogen) atoms. The number of rotatable bonds is 10. The number of hydrogen-bond donors (Lipinski definition) is 4. The predicted octanol–water partition coefficient (Wildman–Crippen LogP) is 2.40. The molecule has 0 atom stereocenters. The zero-order valence-corrected chi connectivity index (χ0v) is 22.5. The fourth-order valence-corrected chi connectivity index (χ4v) is 5.01. The van der Waals surface area contributed by atoms with Gasteiger partial charge < -0.3 is 20.2 Å². The number of imide groups is 1. The van der Waals surface area contributed by atoms with E-state index in [9.17, 15) is 14.4 Å². The molecule has 0 saturated carbocycles. The predicted molar refractivity (Wildman–Crippen MR) is 160 cm³/mol. The lowest BCUT2D eigenvalue weighted by molar-refractivity contribution is 0.0652. The maximum absolute atomic E-state index is 12.8. The molecule has 6 rings (SSSR count). The standard InChI is InChI=1S/C30H27N9O3/c1-2-8-23-24(35-30(42)34-23)18-32-29-31-14-13-26(36-29)38(25-12-7-11-22-21(25)17-33-37-22)15-5-6-16-39-27(40)19-9-3-4-10-20(19)28(39)41/h2-4,7-14,17-18H,1,5-6,15-16H2,(H,33,37)(H,31,32,36)(H2,34,35,42)/b23-8+,24-18+. The summed E-state index contributed by atoms with van der Waals surface area (Å²) in [6.07, 6.45) is 9.56. The number of benzene rings is 2. The summed E-state index contributed by atoms with van der Waals surface area (Å²) in [5, 5.41) is 12.3. The first-order valence-corrected chi connectivity index (χ1v) is 13.4. The first-order chi connectivity index (χ1) is 20.5. The molecule has 5 aromatic rings. The highest BCUT2D eigenvalue weighted by Gasteiger charge is 2.34. The van der Waals surface area contributed by atoms with Gasteiger partial charge in [0.15, 0.2) is 0 Å². The Hall–Kier alpha value is -5.78. The molecular formula is C30H27N9O3. The largest absolute Gasteiger partial charge is 0.329 e. The second kappa shape index (κ2) is 11.4. The van der Waals surface area contributed by atoms with Gasteiger partial charge in [-0.3, -0.25) is 19.6 Å². The number of allylic oxidation sites excluding steroid dienone is 1. The van der Waals surface area contributed by atoms with Gasteiger partial charge in [0.05, 0.1) is 39.2 Å². The van der Waals surface area contributed by atoms with Crippen LogP contribution in [0, 0.1) is 0 Å². The van der Waals surface area contributed by atoms with Crippen LogP contribution in [-0.4, -0.2) is 59.9 Å². The van der Waals surface area contributed by atoms with E-state index in [-0.39, 0.29) is 17.5 Å². The van der Waals surface area contributed by atoms with Crippen molar-refractivity contribution < 1.29 is 9.59 Å². The number of nitrogens with one attached hydrogen (secondary N) is 4. The molecule has 0 aliphatic carbocycles. The fourth-order valence-electron chi connectivity index (χ4n) is 5.01. The van der Waals surface area contributed by atoms with Crippen molar-refractivity contribution in [2.75, 3.05) is 23.3 Å². The molecule has 0 bridgehead atoms. The number of amides is 2. The minimum absolute atomic E-state index is 0.254. The third-order valence-electron chi connectivity index (χ3n) is 6.98. The fraction of sp³-hybridized carbons (Fsp3) is 0.133. The molecule has 2 amide bonds. The molecule has 3 aromatic heterocycles. The monoisotopic (exact) mass is 561 g/mol. The maximum atomic E-state index is 12.8. The van der Waals surface area contributed by atoms with Crippen LogP contribution in [0.2, 0.25) is 0 Å². The minimum atomic E-state index is -0.341. The van der Waals surface area contributed by atoms with Crippen molar-refractivity contribution in [3.8, 4) is 0 Å². The number of fused-ring (bicyclic) bond motifs is 2. The van der Waals surface area contributed by atoms with Gasteiger partial charge >= 0.3 is 5.69 Å². The average molecular weight is 562 g/mol. The van der Waals surface area contributed by atoms with E-state index < -0.39 is 0 Å². The second-order valence-electron chi connectivity index (χ2n) is 9.61. The number of aromatic nitrogens is 6. The molecule has 12 nitrogen and oxygen atoms in total. The van der Waals surface area contributed by atoms with Crippen LogP contribution in [-0.2, 0) is 0 Å². The lowest BCUT2D eigenvalue weighted by Gasteiger charge is -2.25. The summed E-state index contributed by atoms with van der Waals surface area (Å²) >= 11 is 0. The van der Waals surface area contributed by atoms with E-state index in [4.69, 9.17) is 4.98 Å². The Morgan fingerprint density at radius 1 is 0.952 bits per heavy atom. The van der Waals surface area contributed by atoms with E-state index in [1.807, 2.05) is 24.3 Å². The molecule has 1 aliphatic heterocycles. The Morgan fingerprint density at radius 3 is 2.52 bits per heavy atom. The van der Waals surface area contributed by atoms with Gasteiger partial charge in [-0.15, -0.1) is 0 Å². The van der Waals surface area contributed by atoms with Gasteiger partial charge in [0, 0.05) is 30.9 Å². The molecule has 0 saturated heterocycles. The van der Waals surface area contributed by atoms with Crippen LogP contribution in [0.3, 0.4) is 0 Å². The second-order valence-corrected chi connectivity index (χ2v) is 9.61. The summed E-state index contributed by atoms with van der Waals surface area (Å²) in [5.41, 5.74) is 2.34. The number of aromatic amines is 3. The molecule has 12 heteroatoms. The summed E-state index contributed by atoms with van der Waals surface area (Å²) in [5.74, 6) is 0.456. The number of H-pyrrole nitrogens is 3. The Balaban J connectivity index is 1.24. The third-order valence-corrected chi connectivity index (χ3v) is 6.98.